The lowest BCUT2D eigenvalue weighted by Crippen LogP contribution is -2.22. The summed E-state index contributed by atoms with van der Waals surface area (Å²) < 4.78 is 2.23. The van der Waals surface area contributed by atoms with Gasteiger partial charge in [0.2, 0.25) is 0 Å². The number of hydrogen-bond donors (Lipinski definition) is 1. The summed E-state index contributed by atoms with van der Waals surface area (Å²) in [5.41, 5.74) is 1.32. The Hall–Kier alpha value is -1.77. The number of nitrogens with zero attached hydrogens (tertiary/aromatic N) is 1. The molecule has 0 saturated heterocycles. The molecule has 20 heavy (non-hydrogen) atoms. The third-order valence-electron chi connectivity index (χ3n) is 4.72. The van der Waals surface area contributed by atoms with Crippen molar-refractivity contribution in [2.75, 3.05) is 0 Å². The van der Waals surface area contributed by atoms with E-state index in [1.54, 1.807) is 6.07 Å². The zero-order valence-corrected chi connectivity index (χ0v) is 11.9. The van der Waals surface area contributed by atoms with E-state index in [1.807, 2.05) is 18.2 Å². The number of carbonyl (C=O) groups is 1. The molecule has 1 aliphatic rings. The largest absolute Gasteiger partial charge is 0.478 e. The summed E-state index contributed by atoms with van der Waals surface area (Å²) in [4.78, 5) is 11.5. The van der Waals surface area contributed by atoms with Crippen molar-refractivity contribution in [1.29, 1.82) is 0 Å². The number of carboxylic acids is 1. The Kier molecular flexibility index (Phi) is 3.51. The Bertz CT molecular complexity index is 629. The molecule has 1 aromatic carbocycles. The first-order valence-electron chi connectivity index (χ1n) is 7.55. The second-order valence-electron chi connectivity index (χ2n) is 5.79. The van der Waals surface area contributed by atoms with Crippen molar-refractivity contribution in [3.63, 3.8) is 0 Å². The molecule has 106 valence electrons. The van der Waals surface area contributed by atoms with Crippen molar-refractivity contribution in [3.8, 4) is 0 Å². The Balaban J connectivity index is 2.13. The molecule has 3 heteroatoms. The van der Waals surface area contributed by atoms with Gasteiger partial charge in [0.25, 0.3) is 0 Å². The number of fused-ring (bicyclic) bond motifs is 1. The van der Waals surface area contributed by atoms with Crippen LogP contribution < -0.4 is 0 Å². The minimum Gasteiger partial charge on any atom is -0.478 e. The van der Waals surface area contributed by atoms with Crippen LogP contribution in [0.1, 0.15) is 55.4 Å². The van der Waals surface area contributed by atoms with Crippen molar-refractivity contribution in [1.82, 2.24) is 4.57 Å². The fraction of sp³-hybridized carbons (Fsp3) is 0.471. The number of rotatable bonds is 3. The Morgan fingerprint density at radius 2 is 2.10 bits per heavy atom. The predicted octanol–water partition coefficient (Wildman–Crippen LogP) is 4.48. The van der Waals surface area contributed by atoms with Gasteiger partial charge in [0.15, 0.2) is 0 Å². The summed E-state index contributed by atoms with van der Waals surface area (Å²) >= 11 is 0. The van der Waals surface area contributed by atoms with Crippen molar-refractivity contribution in [2.24, 2.45) is 5.92 Å². The fourth-order valence-electron chi connectivity index (χ4n) is 3.70. The lowest BCUT2D eigenvalue weighted by molar-refractivity contribution is 0.0698. The van der Waals surface area contributed by atoms with Gasteiger partial charge in [-0.3, -0.25) is 0 Å². The van der Waals surface area contributed by atoms with Crippen LogP contribution in [0.25, 0.3) is 10.9 Å². The lowest BCUT2D eigenvalue weighted by Gasteiger charge is -2.33. The van der Waals surface area contributed by atoms with Crippen molar-refractivity contribution < 1.29 is 9.90 Å². The summed E-state index contributed by atoms with van der Waals surface area (Å²) in [5, 5.41) is 10.5. The maximum absolute atomic E-state index is 11.5. The third-order valence-corrected chi connectivity index (χ3v) is 4.72. The number of benzene rings is 1. The molecule has 0 aliphatic heterocycles. The highest BCUT2D eigenvalue weighted by molar-refractivity contribution is 6.02. The summed E-state index contributed by atoms with van der Waals surface area (Å²) in [6.07, 6.45) is 8.22. The number of aromatic carboxylic acids is 1. The maximum atomic E-state index is 11.5. The van der Waals surface area contributed by atoms with Crippen molar-refractivity contribution in [3.05, 3.63) is 36.0 Å². The summed E-state index contributed by atoms with van der Waals surface area (Å²) in [5.74, 6) is -0.166. The molecular weight excluding hydrogens is 250 g/mol. The molecule has 1 aromatic heterocycles. The molecule has 0 spiro atoms. The molecule has 2 atom stereocenters. The van der Waals surface area contributed by atoms with E-state index in [1.165, 1.54) is 25.7 Å². The van der Waals surface area contributed by atoms with Crippen molar-refractivity contribution >= 4 is 16.9 Å². The molecule has 3 nitrogen and oxygen atoms in total. The molecule has 1 saturated carbocycles. The van der Waals surface area contributed by atoms with Crippen LogP contribution in [-0.2, 0) is 0 Å². The SMILES string of the molecule is CCC1CCCCC1n1ccc2cccc(C(=O)O)c21. The number of hydrogen-bond acceptors (Lipinski definition) is 1. The zero-order chi connectivity index (χ0) is 14.1. The Morgan fingerprint density at radius 1 is 1.30 bits per heavy atom. The molecule has 0 amide bonds. The summed E-state index contributed by atoms with van der Waals surface area (Å²) in [6, 6.07) is 8.04. The minimum absolute atomic E-state index is 0.424. The van der Waals surface area contributed by atoms with Crippen LogP contribution in [0.3, 0.4) is 0 Å². The topological polar surface area (TPSA) is 42.2 Å². The van der Waals surface area contributed by atoms with Crippen molar-refractivity contribution in [2.45, 2.75) is 45.1 Å². The van der Waals surface area contributed by atoms with E-state index in [0.29, 0.717) is 17.5 Å². The zero-order valence-electron chi connectivity index (χ0n) is 11.9. The monoisotopic (exact) mass is 271 g/mol. The average molecular weight is 271 g/mol. The normalized spacial score (nSPS) is 23.1. The van der Waals surface area contributed by atoms with E-state index in [2.05, 4.69) is 17.7 Å². The van der Waals surface area contributed by atoms with E-state index in [-0.39, 0.29) is 0 Å². The minimum atomic E-state index is -0.834. The summed E-state index contributed by atoms with van der Waals surface area (Å²) in [7, 11) is 0. The molecule has 1 fully saturated rings. The van der Waals surface area contributed by atoms with Crippen LogP contribution in [0.2, 0.25) is 0 Å². The molecule has 0 radical (unpaired) electrons. The first-order valence-corrected chi connectivity index (χ1v) is 7.55. The molecular formula is C17H21NO2. The van der Waals surface area contributed by atoms with Gasteiger partial charge in [-0.2, -0.15) is 0 Å². The molecule has 1 N–H and O–H groups in total. The van der Waals surface area contributed by atoms with Gasteiger partial charge in [-0.1, -0.05) is 38.3 Å². The van der Waals surface area contributed by atoms with E-state index in [4.69, 9.17) is 0 Å². The molecule has 3 rings (SSSR count). The second kappa shape index (κ2) is 5.31. The molecule has 2 unspecified atom stereocenters. The van der Waals surface area contributed by atoms with Crippen LogP contribution in [0.4, 0.5) is 0 Å². The molecule has 0 bridgehead atoms. The average Bonchev–Trinajstić information content (AvgIpc) is 2.90. The van der Waals surface area contributed by atoms with Crippen LogP contribution >= 0.6 is 0 Å². The Morgan fingerprint density at radius 3 is 2.85 bits per heavy atom. The fourth-order valence-corrected chi connectivity index (χ4v) is 3.70. The van der Waals surface area contributed by atoms with Crippen LogP contribution in [0, 0.1) is 5.92 Å². The van der Waals surface area contributed by atoms with E-state index in [0.717, 1.165) is 17.3 Å². The van der Waals surface area contributed by atoms with Gasteiger partial charge in [-0.05, 0) is 30.9 Å². The highest BCUT2D eigenvalue weighted by Gasteiger charge is 2.27. The number of carboxylic acid groups (broad SMARTS) is 1. The lowest BCUT2D eigenvalue weighted by atomic mass is 9.82. The molecule has 2 aromatic rings. The van der Waals surface area contributed by atoms with Gasteiger partial charge in [0.1, 0.15) is 0 Å². The van der Waals surface area contributed by atoms with Crippen LogP contribution in [0.15, 0.2) is 30.5 Å². The number of aromatic nitrogens is 1. The van der Waals surface area contributed by atoms with Gasteiger partial charge < -0.3 is 9.67 Å². The summed E-state index contributed by atoms with van der Waals surface area (Å²) in [6.45, 7) is 2.24. The number of para-hydroxylation sites is 1. The van der Waals surface area contributed by atoms with Gasteiger partial charge in [-0.25, -0.2) is 4.79 Å². The molecule has 1 heterocycles. The van der Waals surface area contributed by atoms with Crippen LogP contribution in [-0.4, -0.2) is 15.6 Å². The first kappa shape index (κ1) is 13.2. The van der Waals surface area contributed by atoms with Gasteiger partial charge >= 0.3 is 5.97 Å². The smallest absolute Gasteiger partial charge is 0.337 e. The first-order chi connectivity index (χ1) is 9.72. The molecule has 1 aliphatic carbocycles. The second-order valence-corrected chi connectivity index (χ2v) is 5.79. The maximum Gasteiger partial charge on any atom is 0.337 e. The van der Waals surface area contributed by atoms with Gasteiger partial charge in [0.05, 0.1) is 11.1 Å². The quantitative estimate of drug-likeness (QED) is 0.894. The van der Waals surface area contributed by atoms with E-state index < -0.39 is 5.97 Å². The third kappa shape index (κ3) is 2.11. The van der Waals surface area contributed by atoms with Crippen LogP contribution in [0.5, 0.6) is 0 Å². The predicted molar refractivity (Wildman–Crippen MR) is 80.2 cm³/mol. The van der Waals surface area contributed by atoms with Gasteiger partial charge in [0, 0.05) is 17.6 Å². The highest BCUT2D eigenvalue weighted by Crippen LogP contribution is 2.38. The standard InChI is InChI=1S/C17H21NO2/c1-2-12-6-3-4-9-15(12)18-11-10-13-7-5-8-14(16(13)18)17(19)20/h5,7-8,10-12,15H,2-4,6,9H2,1H3,(H,19,20). The highest BCUT2D eigenvalue weighted by atomic mass is 16.4. The van der Waals surface area contributed by atoms with E-state index in [9.17, 15) is 9.90 Å². The van der Waals surface area contributed by atoms with Gasteiger partial charge in [-0.15, -0.1) is 0 Å². The Labute approximate surface area is 119 Å². The van der Waals surface area contributed by atoms with E-state index >= 15 is 0 Å².